The van der Waals surface area contributed by atoms with Crippen LogP contribution in [-0.2, 0) is 7.05 Å². The number of para-hydroxylation sites is 2. The summed E-state index contributed by atoms with van der Waals surface area (Å²) in [5.41, 5.74) is 5.21. The van der Waals surface area contributed by atoms with Crippen molar-refractivity contribution in [1.29, 1.82) is 0 Å². The first kappa shape index (κ1) is 20.1. The van der Waals surface area contributed by atoms with Crippen molar-refractivity contribution in [2.45, 2.75) is 13.1 Å². The van der Waals surface area contributed by atoms with Gasteiger partial charge in [-0.2, -0.15) is 0 Å². The molecule has 1 aliphatic heterocycles. The van der Waals surface area contributed by atoms with Crippen LogP contribution in [0.15, 0.2) is 89.9 Å². The average molecular weight is 447 g/mol. The fourth-order valence-corrected chi connectivity index (χ4v) is 4.61. The van der Waals surface area contributed by atoms with Crippen LogP contribution in [0.25, 0.3) is 16.6 Å². The van der Waals surface area contributed by atoms with Gasteiger partial charge in [0.1, 0.15) is 11.5 Å². The number of aliphatic imine (C=N–C) groups is 1. The van der Waals surface area contributed by atoms with E-state index in [1.807, 2.05) is 108 Å². The van der Waals surface area contributed by atoms with Crippen molar-refractivity contribution in [2.75, 3.05) is 0 Å². The van der Waals surface area contributed by atoms with Crippen LogP contribution in [-0.4, -0.2) is 31.0 Å². The Kier molecular flexibility index (Phi) is 4.62. The van der Waals surface area contributed by atoms with E-state index in [0.29, 0.717) is 11.5 Å². The van der Waals surface area contributed by atoms with Crippen LogP contribution in [0.5, 0.6) is 0 Å². The molecular weight excluding hydrogens is 424 g/mol. The highest BCUT2D eigenvalue weighted by Gasteiger charge is 2.29. The lowest BCUT2D eigenvalue weighted by Gasteiger charge is -2.15. The zero-order chi connectivity index (χ0) is 23.2. The monoisotopic (exact) mass is 446 g/mol. The number of hydrogen-bond donors (Lipinski definition) is 1. The third kappa shape index (κ3) is 3.13. The minimum atomic E-state index is -0.714. The molecule has 0 aliphatic carbocycles. The number of hydrogen-bond acceptors (Lipinski definition) is 4. The van der Waals surface area contributed by atoms with E-state index in [2.05, 4.69) is 15.5 Å². The summed E-state index contributed by atoms with van der Waals surface area (Å²) >= 11 is 0. The lowest BCUT2D eigenvalue weighted by atomic mass is 10.0. The van der Waals surface area contributed by atoms with Gasteiger partial charge in [0.25, 0.3) is 5.91 Å². The largest absolute Gasteiger partial charge is 0.340 e. The van der Waals surface area contributed by atoms with Crippen LogP contribution in [0.3, 0.4) is 0 Å². The number of aromatic nitrogens is 4. The first-order valence-corrected chi connectivity index (χ1v) is 11.1. The molecule has 3 heterocycles. The lowest BCUT2D eigenvalue weighted by molar-refractivity contribution is 0.0928. The van der Waals surface area contributed by atoms with Crippen LogP contribution in [0.1, 0.15) is 39.4 Å². The van der Waals surface area contributed by atoms with Gasteiger partial charge in [0.15, 0.2) is 12.0 Å². The molecule has 1 unspecified atom stereocenters. The second kappa shape index (κ2) is 7.81. The highest BCUT2D eigenvalue weighted by molar-refractivity contribution is 6.15. The van der Waals surface area contributed by atoms with Gasteiger partial charge >= 0.3 is 0 Å². The first-order chi connectivity index (χ1) is 16.6. The summed E-state index contributed by atoms with van der Waals surface area (Å²) in [5, 5.41) is 12.8. The molecule has 0 saturated heterocycles. The Hall–Kier alpha value is -4.52. The Labute approximate surface area is 196 Å². The molecular formula is C27H22N6O. The van der Waals surface area contributed by atoms with Gasteiger partial charge in [-0.1, -0.05) is 66.7 Å². The fourth-order valence-electron chi connectivity index (χ4n) is 4.61. The van der Waals surface area contributed by atoms with E-state index in [0.717, 1.165) is 39.3 Å². The van der Waals surface area contributed by atoms with Gasteiger partial charge in [0.05, 0.1) is 11.4 Å². The van der Waals surface area contributed by atoms with E-state index in [4.69, 9.17) is 4.99 Å². The van der Waals surface area contributed by atoms with E-state index in [9.17, 15) is 4.79 Å². The molecule has 34 heavy (non-hydrogen) atoms. The van der Waals surface area contributed by atoms with E-state index in [1.54, 1.807) is 0 Å². The topological polar surface area (TPSA) is 77.1 Å². The number of nitrogens with zero attached hydrogens (tertiary/aromatic N) is 5. The predicted molar refractivity (Wildman–Crippen MR) is 131 cm³/mol. The zero-order valence-corrected chi connectivity index (χ0v) is 18.8. The SMILES string of the molecule is Cc1nnc2n1-c1ccccc1C(c1ccccc1)=NC2NC(=O)c1cc2ccccc2n1C. The highest BCUT2D eigenvalue weighted by Crippen LogP contribution is 2.30. The highest BCUT2D eigenvalue weighted by atomic mass is 16.2. The quantitative estimate of drug-likeness (QED) is 0.448. The summed E-state index contributed by atoms with van der Waals surface area (Å²) in [5.74, 6) is 1.08. The summed E-state index contributed by atoms with van der Waals surface area (Å²) in [6.07, 6.45) is -0.714. The summed E-state index contributed by atoms with van der Waals surface area (Å²) in [7, 11) is 1.89. The number of nitrogens with one attached hydrogen (secondary N) is 1. The van der Waals surface area contributed by atoms with E-state index in [1.165, 1.54) is 0 Å². The van der Waals surface area contributed by atoms with Crippen LogP contribution >= 0.6 is 0 Å². The second-order valence-corrected chi connectivity index (χ2v) is 8.33. The van der Waals surface area contributed by atoms with Crippen LogP contribution in [0.2, 0.25) is 0 Å². The number of aryl methyl sites for hydroxylation is 2. The minimum absolute atomic E-state index is 0.224. The molecule has 2 aromatic heterocycles. The second-order valence-electron chi connectivity index (χ2n) is 8.33. The molecule has 1 aliphatic rings. The number of fused-ring (bicyclic) bond motifs is 4. The summed E-state index contributed by atoms with van der Waals surface area (Å²) < 4.78 is 3.87. The number of rotatable bonds is 3. The standard InChI is InChI=1S/C27H22N6O/c1-17-30-31-26-25(29-27(34)23-16-19-12-6-8-14-21(19)32(23)2)28-24(18-10-4-3-5-11-18)20-13-7-9-15-22(20)33(17)26/h3-16,25H,1-2H3,(H,29,34). The molecule has 6 rings (SSSR count). The van der Waals surface area contributed by atoms with Crippen LogP contribution in [0, 0.1) is 6.92 Å². The Morgan fingerprint density at radius 1 is 0.912 bits per heavy atom. The fraction of sp³-hybridized carbons (Fsp3) is 0.111. The average Bonchev–Trinajstić information content (AvgIpc) is 3.38. The van der Waals surface area contributed by atoms with Crippen molar-refractivity contribution < 1.29 is 4.79 Å². The maximum absolute atomic E-state index is 13.5. The molecule has 0 saturated carbocycles. The van der Waals surface area contributed by atoms with Gasteiger partial charge < -0.3 is 9.88 Å². The van der Waals surface area contributed by atoms with Crippen molar-refractivity contribution in [2.24, 2.45) is 12.0 Å². The molecule has 0 spiro atoms. The van der Waals surface area contributed by atoms with Gasteiger partial charge in [0, 0.05) is 29.1 Å². The molecule has 3 aromatic carbocycles. The zero-order valence-electron chi connectivity index (χ0n) is 18.8. The maximum atomic E-state index is 13.5. The van der Waals surface area contributed by atoms with Crippen molar-refractivity contribution >= 4 is 22.5 Å². The smallest absolute Gasteiger partial charge is 0.269 e. The number of benzene rings is 3. The maximum Gasteiger partial charge on any atom is 0.269 e. The molecule has 7 nitrogen and oxygen atoms in total. The summed E-state index contributed by atoms with van der Waals surface area (Å²) in [6, 6.07) is 27.9. The Morgan fingerprint density at radius 2 is 1.65 bits per heavy atom. The summed E-state index contributed by atoms with van der Waals surface area (Å²) in [4.78, 5) is 18.5. The Morgan fingerprint density at radius 3 is 2.47 bits per heavy atom. The third-order valence-corrected chi connectivity index (χ3v) is 6.25. The van der Waals surface area contributed by atoms with Crippen molar-refractivity contribution in [1.82, 2.24) is 24.6 Å². The van der Waals surface area contributed by atoms with Crippen molar-refractivity contribution in [3.05, 3.63) is 113 Å². The first-order valence-electron chi connectivity index (χ1n) is 11.1. The van der Waals surface area contributed by atoms with Crippen molar-refractivity contribution in [3.8, 4) is 5.69 Å². The summed E-state index contributed by atoms with van der Waals surface area (Å²) in [6.45, 7) is 1.91. The van der Waals surface area contributed by atoms with E-state index >= 15 is 0 Å². The van der Waals surface area contributed by atoms with Gasteiger partial charge in [-0.15, -0.1) is 10.2 Å². The lowest BCUT2D eigenvalue weighted by Crippen LogP contribution is -2.30. The van der Waals surface area contributed by atoms with Gasteiger partial charge in [0.2, 0.25) is 0 Å². The van der Waals surface area contributed by atoms with E-state index in [-0.39, 0.29) is 5.91 Å². The molecule has 1 amide bonds. The number of carbonyl (C=O) groups excluding carboxylic acids is 1. The molecule has 166 valence electrons. The molecule has 0 bridgehead atoms. The van der Waals surface area contributed by atoms with Crippen molar-refractivity contribution in [3.63, 3.8) is 0 Å². The van der Waals surface area contributed by atoms with Crippen LogP contribution in [0.4, 0.5) is 0 Å². The molecule has 1 N–H and O–H groups in total. The minimum Gasteiger partial charge on any atom is -0.340 e. The molecule has 0 fully saturated rings. The van der Waals surface area contributed by atoms with Crippen LogP contribution < -0.4 is 5.32 Å². The Bertz CT molecular complexity index is 1580. The van der Waals surface area contributed by atoms with Gasteiger partial charge in [-0.3, -0.25) is 14.4 Å². The number of carbonyl (C=O) groups is 1. The molecule has 5 aromatic rings. The van der Waals surface area contributed by atoms with Gasteiger partial charge in [-0.05, 0) is 25.1 Å². The normalized spacial score (nSPS) is 14.8. The van der Waals surface area contributed by atoms with E-state index < -0.39 is 6.17 Å². The third-order valence-electron chi connectivity index (χ3n) is 6.25. The van der Waals surface area contributed by atoms with Gasteiger partial charge in [-0.25, -0.2) is 0 Å². The molecule has 7 heteroatoms. The molecule has 0 radical (unpaired) electrons. The Balaban J connectivity index is 1.50. The predicted octanol–water partition coefficient (Wildman–Crippen LogP) is 4.35. The molecule has 1 atom stereocenters. The number of amides is 1.